The van der Waals surface area contributed by atoms with E-state index in [0.717, 1.165) is 0 Å². The molecule has 0 aliphatic heterocycles. The van der Waals surface area contributed by atoms with Crippen LogP contribution in [0.25, 0.3) is 0 Å². The Labute approximate surface area is 98.4 Å². The lowest BCUT2D eigenvalue weighted by molar-refractivity contribution is -0.138. The van der Waals surface area contributed by atoms with Gasteiger partial charge in [0.2, 0.25) is 0 Å². The third-order valence-electron chi connectivity index (χ3n) is 1.87. The zero-order valence-electron chi connectivity index (χ0n) is 9.01. The van der Waals surface area contributed by atoms with E-state index < -0.39 is 0 Å². The monoisotopic (exact) mass is 240 g/mol. The van der Waals surface area contributed by atoms with Gasteiger partial charge in [-0.25, -0.2) is 9.97 Å². The highest BCUT2D eigenvalue weighted by Crippen LogP contribution is 2.12. The number of methoxy groups -OCH3 is 1. The predicted octanol–water partition coefficient (Wildman–Crippen LogP) is -0.280. The minimum Gasteiger partial charge on any atom is -0.468 e. The number of hydrogen-bond donors (Lipinski definition) is 1. The first-order valence-electron chi connectivity index (χ1n) is 4.45. The molecule has 86 valence electrons. The molecule has 0 bridgehead atoms. The lowest BCUT2D eigenvalue weighted by atomic mass is 10.3. The Bertz CT molecular complexity index is 410. The average molecular weight is 240 g/mol. The molecule has 1 rings (SSSR count). The van der Waals surface area contributed by atoms with Crippen LogP contribution in [0.5, 0.6) is 0 Å². The number of likely N-dealkylation sites (N-methyl/N-ethyl adjacent to an activating group) is 1. The number of carbonyl (C=O) groups is 1. The maximum Gasteiger partial charge on any atom is 0.325 e. The van der Waals surface area contributed by atoms with Gasteiger partial charge in [-0.2, -0.15) is 0 Å². The van der Waals surface area contributed by atoms with Crippen molar-refractivity contribution in [1.82, 2.24) is 9.97 Å². The van der Waals surface area contributed by atoms with E-state index in [-0.39, 0.29) is 17.5 Å². The number of ether oxygens (including phenoxy) is 1. The van der Waals surface area contributed by atoms with Crippen LogP contribution in [0.2, 0.25) is 0 Å². The summed E-state index contributed by atoms with van der Waals surface area (Å²) in [6.45, 7) is 0.0603. The minimum absolute atomic E-state index is 0.0603. The van der Waals surface area contributed by atoms with E-state index in [4.69, 9.17) is 18.0 Å². The Hall–Kier alpha value is -1.76. The summed E-state index contributed by atoms with van der Waals surface area (Å²) in [6, 6.07) is 0. The van der Waals surface area contributed by atoms with Crippen molar-refractivity contribution in [3.8, 4) is 0 Å². The fourth-order valence-electron chi connectivity index (χ4n) is 1.12. The summed E-state index contributed by atoms with van der Waals surface area (Å²) in [6.07, 6.45) is 2.99. The number of nitrogens with zero attached hydrogens (tertiary/aromatic N) is 3. The molecule has 0 aliphatic carbocycles. The number of aromatic nitrogens is 2. The molecule has 0 saturated carbocycles. The van der Waals surface area contributed by atoms with Gasteiger partial charge in [-0.3, -0.25) is 4.79 Å². The zero-order valence-corrected chi connectivity index (χ0v) is 9.82. The second-order valence-corrected chi connectivity index (χ2v) is 3.46. The van der Waals surface area contributed by atoms with Crippen molar-refractivity contribution in [3.63, 3.8) is 0 Å². The molecule has 6 nitrogen and oxygen atoms in total. The van der Waals surface area contributed by atoms with E-state index in [0.29, 0.717) is 11.5 Å². The lowest BCUT2D eigenvalue weighted by Gasteiger charge is -2.18. The predicted molar refractivity (Wildman–Crippen MR) is 63.2 cm³/mol. The molecule has 16 heavy (non-hydrogen) atoms. The van der Waals surface area contributed by atoms with Crippen LogP contribution in [-0.4, -0.2) is 41.6 Å². The van der Waals surface area contributed by atoms with Gasteiger partial charge in [-0.1, -0.05) is 12.2 Å². The van der Waals surface area contributed by atoms with Crippen molar-refractivity contribution in [2.75, 3.05) is 25.6 Å². The maximum absolute atomic E-state index is 11.1. The average Bonchev–Trinajstić information content (AvgIpc) is 2.28. The Morgan fingerprint density at radius 3 is 2.75 bits per heavy atom. The van der Waals surface area contributed by atoms with E-state index in [2.05, 4.69) is 14.7 Å². The van der Waals surface area contributed by atoms with Crippen LogP contribution < -0.4 is 10.6 Å². The zero-order chi connectivity index (χ0) is 12.1. The fourth-order valence-corrected chi connectivity index (χ4v) is 1.26. The molecule has 2 N–H and O–H groups in total. The van der Waals surface area contributed by atoms with Gasteiger partial charge in [0.1, 0.15) is 17.2 Å². The number of anilines is 1. The van der Waals surface area contributed by atoms with Crippen molar-refractivity contribution in [2.45, 2.75) is 0 Å². The molecule has 0 spiro atoms. The SMILES string of the molecule is COC(=O)CN(C)c1nccnc1C(N)=S. The summed E-state index contributed by atoms with van der Waals surface area (Å²) in [4.78, 5) is 20.9. The van der Waals surface area contributed by atoms with Crippen LogP contribution in [0.4, 0.5) is 5.82 Å². The van der Waals surface area contributed by atoms with Crippen LogP contribution in [0.15, 0.2) is 12.4 Å². The number of thiocarbonyl (C=S) groups is 1. The number of rotatable bonds is 4. The number of nitrogens with two attached hydrogens (primary N) is 1. The van der Waals surface area contributed by atoms with Gasteiger partial charge in [-0.15, -0.1) is 0 Å². The second kappa shape index (κ2) is 5.36. The van der Waals surface area contributed by atoms with E-state index >= 15 is 0 Å². The Morgan fingerprint density at radius 2 is 2.19 bits per heavy atom. The fraction of sp³-hybridized carbons (Fsp3) is 0.333. The van der Waals surface area contributed by atoms with E-state index in [1.165, 1.54) is 19.5 Å². The molecule has 0 aromatic carbocycles. The summed E-state index contributed by atoms with van der Waals surface area (Å²) in [7, 11) is 3.00. The van der Waals surface area contributed by atoms with Crippen molar-refractivity contribution in [2.24, 2.45) is 5.73 Å². The summed E-state index contributed by atoms with van der Waals surface area (Å²) < 4.78 is 4.55. The van der Waals surface area contributed by atoms with Crippen LogP contribution >= 0.6 is 12.2 Å². The number of carbonyl (C=O) groups excluding carboxylic acids is 1. The molecule has 0 atom stereocenters. The largest absolute Gasteiger partial charge is 0.468 e. The Kier molecular flexibility index (Phi) is 4.12. The van der Waals surface area contributed by atoms with Gasteiger partial charge < -0.3 is 15.4 Å². The summed E-state index contributed by atoms with van der Waals surface area (Å²) in [5.41, 5.74) is 5.89. The summed E-state index contributed by atoms with van der Waals surface area (Å²) >= 11 is 4.84. The van der Waals surface area contributed by atoms with Crippen molar-refractivity contribution < 1.29 is 9.53 Å². The van der Waals surface area contributed by atoms with Crippen LogP contribution in [0.3, 0.4) is 0 Å². The third-order valence-corrected chi connectivity index (χ3v) is 2.06. The standard InChI is InChI=1S/C9H12N4O2S/c1-13(5-6(14)15-2)9-7(8(10)16)11-3-4-12-9/h3-4H,5H2,1-2H3,(H2,10,16). The first-order chi connectivity index (χ1) is 7.56. The molecule has 0 fully saturated rings. The van der Waals surface area contributed by atoms with E-state index in [1.54, 1.807) is 11.9 Å². The van der Waals surface area contributed by atoms with Gasteiger partial charge >= 0.3 is 5.97 Å². The van der Waals surface area contributed by atoms with Crippen molar-refractivity contribution in [1.29, 1.82) is 0 Å². The maximum atomic E-state index is 11.1. The smallest absolute Gasteiger partial charge is 0.325 e. The molecule has 1 heterocycles. The molecule has 0 aliphatic rings. The molecular formula is C9H12N4O2S. The molecule has 0 saturated heterocycles. The normalized spacial score (nSPS) is 9.62. The Balaban J connectivity index is 2.94. The third kappa shape index (κ3) is 2.86. The lowest BCUT2D eigenvalue weighted by Crippen LogP contribution is -2.30. The first kappa shape index (κ1) is 12.3. The molecule has 0 amide bonds. The highest BCUT2D eigenvalue weighted by Gasteiger charge is 2.14. The number of hydrogen-bond acceptors (Lipinski definition) is 6. The molecule has 1 aromatic heterocycles. The molecule has 7 heteroatoms. The molecule has 0 radical (unpaired) electrons. The van der Waals surface area contributed by atoms with Crippen molar-refractivity contribution >= 4 is 29.0 Å². The van der Waals surface area contributed by atoms with Crippen LogP contribution in [0, 0.1) is 0 Å². The summed E-state index contributed by atoms with van der Waals surface area (Å²) in [5, 5.41) is 0. The second-order valence-electron chi connectivity index (χ2n) is 3.03. The van der Waals surface area contributed by atoms with Gasteiger partial charge in [-0.05, 0) is 0 Å². The quantitative estimate of drug-likeness (QED) is 0.572. The molecular weight excluding hydrogens is 228 g/mol. The topological polar surface area (TPSA) is 81.3 Å². The molecule has 1 aromatic rings. The minimum atomic E-state index is -0.373. The first-order valence-corrected chi connectivity index (χ1v) is 4.86. The summed E-state index contributed by atoms with van der Waals surface area (Å²) in [5.74, 6) is 0.0856. The van der Waals surface area contributed by atoms with Crippen LogP contribution in [-0.2, 0) is 9.53 Å². The van der Waals surface area contributed by atoms with Crippen molar-refractivity contribution in [3.05, 3.63) is 18.1 Å². The van der Waals surface area contributed by atoms with E-state index in [9.17, 15) is 4.79 Å². The van der Waals surface area contributed by atoms with Gasteiger partial charge in [0.15, 0.2) is 5.82 Å². The molecule has 0 unspecified atom stereocenters. The van der Waals surface area contributed by atoms with Gasteiger partial charge in [0.25, 0.3) is 0 Å². The van der Waals surface area contributed by atoms with Gasteiger partial charge in [0, 0.05) is 19.4 Å². The number of esters is 1. The highest BCUT2D eigenvalue weighted by molar-refractivity contribution is 7.80. The van der Waals surface area contributed by atoms with Crippen LogP contribution in [0.1, 0.15) is 5.69 Å². The van der Waals surface area contributed by atoms with E-state index in [1.807, 2.05) is 0 Å². The Morgan fingerprint density at radius 1 is 1.56 bits per heavy atom. The highest BCUT2D eigenvalue weighted by atomic mass is 32.1. The van der Waals surface area contributed by atoms with Gasteiger partial charge in [0.05, 0.1) is 7.11 Å².